The highest BCUT2D eigenvalue weighted by molar-refractivity contribution is 5.83. The maximum atomic E-state index is 12.0. The zero-order chi connectivity index (χ0) is 12.1. The lowest BCUT2D eigenvalue weighted by Crippen LogP contribution is -2.38. The summed E-state index contributed by atoms with van der Waals surface area (Å²) in [5.74, 6) is 0.246. The predicted octanol–water partition coefficient (Wildman–Crippen LogP) is 0.834. The maximum Gasteiger partial charge on any atom is 0.239 e. The van der Waals surface area contributed by atoms with E-state index in [0.717, 1.165) is 32.5 Å². The molecule has 0 saturated carbocycles. The molecule has 4 nitrogen and oxygen atoms in total. The summed E-state index contributed by atoms with van der Waals surface area (Å²) in [4.78, 5) is 18.0. The predicted molar refractivity (Wildman–Crippen MR) is 66.6 cm³/mol. The Hall–Kier alpha value is -1.42. The first-order chi connectivity index (χ1) is 8.31. The van der Waals surface area contributed by atoms with Crippen molar-refractivity contribution in [2.45, 2.75) is 25.8 Å². The lowest BCUT2D eigenvalue weighted by Gasteiger charge is -2.16. The fourth-order valence-electron chi connectivity index (χ4n) is 2.21. The molecule has 1 aliphatic heterocycles. The van der Waals surface area contributed by atoms with Gasteiger partial charge in [-0.3, -0.25) is 9.78 Å². The largest absolute Gasteiger partial charge is 0.341 e. The molecule has 1 fully saturated rings. The van der Waals surface area contributed by atoms with Gasteiger partial charge in [0.1, 0.15) is 0 Å². The monoisotopic (exact) mass is 233 g/mol. The van der Waals surface area contributed by atoms with Crippen LogP contribution in [0.3, 0.4) is 0 Å². The van der Waals surface area contributed by atoms with E-state index < -0.39 is 0 Å². The molecule has 17 heavy (non-hydrogen) atoms. The Morgan fingerprint density at radius 1 is 1.59 bits per heavy atom. The molecule has 1 aliphatic rings. The van der Waals surface area contributed by atoms with Gasteiger partial charge in [-0.15, -0.1) is 0 Å². The topological polar surface area (TPSA) is 45.2 Å². The van der Waals surface area contributed by atoms with E-state index in [1.807, 2.05) is 24.1 Å². The number of rotatable bonds is 5. The molecule has 0 spiro atoms. The minimum atomic E-state index is 0.0360. The van der Waals surface area contributed by atoms with Gasteiger partial charge in [-0.1, -0.05) is 13.0 Å². The summed E-state index contributed by atoms with van der Waals surface area (Å²) in [6, 6.07) is 4.02. The molecule has 92 valence electrons. The molecule has 1 unspecified atom stereocenters. The Balaban J connectivity index is 1.83. The normalized spacial score (nSPS) is 19.9. The highest BCUT2D eigenvalue weighted by Crippen LogP contribution is 2.11. The van der Waals surface area contributed by atoms with Gasteiger partial charge in [0, 0.05) is 25.5 Å². The van der Waals surface area contributed by atoms with Gasteiger partial charge in [0.05, 0.1) is 6.04 Å². The van der Waals surface area contributed by atoms with Crippen molar-refractivity contribution in [1.82, 2.24) is 15.2 Å². The molecule has 1 aromatic rings. The summed E-state index contributed by atoms with van der Waals surface area (Å²) in [5, 5.41) is 3.22. The number of nitrogens with one attached hydrogen (secondary N) is 1. The highest BCUT2D eigenvalue weighted by atomic mass is 16.2. The van der Waals surface area contributed by atoms with Crippen molar-refractivity contribution in [2.24, 2.45) is 0 Å². The van der Waals surface area contributed by atoms with Gasteiger partial charge in [0.15, 0.2) is 0 Å². The summed E-state index contributed by atoms with van der Waals surface area (Å²) >= 11 is 0. The molecule has 0 bridgehead atoms. The molecular weight excluding hydrogens is 214 g/mol. The van der Waals surface area contributed by atoms with Gasteiger partial charge in [-0.05, 0) is 31.0 Å². The number of pyridine rings is 1. The van der Waals surface area contributed by atoms with Crippen LogP contribution >= 0.6 is 0 Å². The van der Waals surface area contributed by atoms with E-state index in [-0.39, 0.29) is 11.9 Å². The van der Waals surface area contributed by atoms with Crippen molar-refractivity contribution in [2.75, 3.05) is 19.6 Å². The minimum Gasteiger partial charge on any atom is -0.341 e. The molecule has 2 heterocycles. The Labute approximate surface area is 102 Å². The third-order valence-corrected chi connectivity index (χ3v) is 3.14. The van der Waals surface area contributed by atoms with Crippen LogP contribution in [-0.2, 0) is 11.2 Å². The number of likely N-dealkylation sites (N-methyl/N-ethyl adjacent to an activating group) is 1. The second-order valence-corrected chi connectivity index (χ2v) is 4.34. The standard InChI is InChI=1S/C13H19N3O/c1-2-15-12-6-9-16(13(12)17)8-5-11-4-3-7-14-10-11/h3-4,7,10,12,15H,2,5-6,8-9H2,1H3. The number of nitrogens with zero attached hydrogens (tertiary/aromatic N) is 2. The molecule has 0 aliphatic carbocycles. The summed E-state index contributed by atoms with van der Waals surface area (Å²) in [6.45, 7) is 4.56. The Bertz CT molecular complexity index is 366. The second-order valence-electron chi connectivity index (χ2n) is 4.34. The van der Waals surface area contributed by atoms with Crippen molar-refractivity contribution in [3.05, 3.63) is 30.1 Å². The zero-order valence-corrected chi connectivity index (χ0v) is 10.2. The number of carbonyl (C=O) groups is 1. The molecule has 0 radical (unpaired) electrons. The fraction of sp³-hybridized carbons (Fsp3) is 0.538. The number of amides is 1. The van der Waals surface area contributed by atoms with Crippen LogP contribution in [0.25, 0.3) is 0 Å². The molecular formula is C13H19N3O. The van der Waals surface area contributed by atoms with Crippen LogP contribution in [0.1, 0.15) is 18.9 Å². The van der Waals surface area contributed by atoms with Crippen LogP contribution < -0.4 is 5.32 Å². The van der Waals surface area contributed by atoms with Gasteiger partial charge < -0.3 is 10.2 Å². The van der Waals surface area contributed by atoms with Crippen molar-refractivity contribution in [3.8, 4) is 0 Å². The second kappa shape index (κ2) is 5.77. The van der Waals surface area contributed by atoms with Gasteiger partial charge in [-0.25, -0.2) is 0 Å². The lowest BCUT2D eigenvalue weighted by molar-refractivity contribution is -0.129. The first-order valence-electron chi connectivity index (χ1n) is 6.22. The third kappa shape index (κ3) is 3.03. The molecule has 1 N–H and O–H groups in total. The Kier molecular flexibility index (Phi) is 4.09. The van der Waals surface area contributed by atoms with E-state index >= 15 is 0 Å². The molecule has 1 atom stereocenters. The fourth-order valence-corrected chi connectivity index (χ4v) is 2.21. The number of hydrogen-bond donors (Lipinski definition) is 1. The van der Waals surface area contributed by atoms with Gasteiger partial charge in [0.2, 0.25) is 5.91 Å². The molecule has 1 saturated heterocycles. The van der Waals surface area contributed by atoms with Crippen molar-refractivity contribution >= 4 is 5.91 Å². The number of carbonyl (C=O) groups excluding carboxylic acids is 1. The van der Waals surface area contributed by atoms with Crippen LogP contribution in [0.2, 0.25) is 0 Å². The van der Waals surface area contributed by atoms with Crippen molar-refractivity contribution in [1.29, 1.82) is 0 Å². The van der Waals surface area contributed by atoms with Gasteiger partial charge in [-0.2, -0.15) is 0 Å². The van der Waals surface area contributed by atoms with Crippen LogP contribution in [0.15, 0.2) is 24.5 Å². The van der Waals surface area contributed by atoms with Crippen molar-refractivity contribution in [3.63, 3.8) is 0 Å². The zero-order valence-electron chi connectivity index (χ0n) is 10.2. The average molecular weight is 233 g/mol. The number of hydrogen-bond acceptors (Lipinski definition) is 3. The maximum absolute atomic E-state index is 12.0. The highest BCUT2D eigenvalue weighted by Gasteiger charge is 2.30. The van der Waals surface area contributed by atoms with Crippen LogP contribution in [-0.4, -0.2) is 41.5 Å². The summed E-state index contributed by atoms with van der Waals surface area (Å²) in [6.07, 6.45) is 5.45. The first kappa shape index (κ1) is 12.0. The Morgan fingerprint density at radius 3 is 3.18 bits per heavy atom. The van der Waals surface area contributed by atoms with Crippen molar-refractivity contribution < 1.29 is 4.79 Å². The molecule has 0 aromatic carbocycles. The van der Waals surface area contributed by atoms with Crippen LogP contribution in [0.4, 0.5) is 0 Å². The van der Waals surface area contributed by atoms with E-state index in [1.165, 1.54) is 5.56 Å². The van der Waals surface area contributed by atoms with Crippen LogP contribution in [0, 0.1) is 0 Å². The average Bonchev–Trinajstić information content (AvgIpc) is 2.70. The molecule has 4 heteroatoms. The first-order valence-corrected chi connectivity index (χ1v) is 6.22. The smallest absolute Gasteiger partial charge is 0.239 e. The molecule has 1 amide bonds. The van der Waals surface area contributed by atoms with E-state index in [4.69, 9.17) is 0 Å². The number of likely N-dealkylation sites (tertiary alicyclic amines) is 1. The van der Waals surface area contributed by atoms with E-state index in [9.17, 15) is 4.79 Å². The summed E-state index contributed by atoms with van der Waals surface area (Å²) < 4.78 is 0. The van der Waals surface area contributed by atoms with E-state index in [0.29, 0.717) is 0 Å². The van der Waals surface area contributed by atoms with E-state index in [2.05, 4.69) is 16.4 Å². The van der Waals surface area contributed by atoms with Gasteiger partial charge in [0.25, 0.3) is 0 Å². The molecule has 2 rings (SSSR count). The molecule has 1 aromatic heterocycles. The lowest BCUT2D eigenvalue weighted by atomic mass is 10.2. The quantitative estimate of drug-likeness (QED) is 0.819. The summed E-state index contributed by atoms with van der Waals surface area (Å²) in [5.41, 5.74) is 1.19. The SMILES string of the molecule is CCNC1CCN(CCc2cccnc2)C1=O. The number of aromatic nitrogens is 1. The summed E-state index contributed by atoms with van der Waals surface area (Å²) in [7, 11) is 0. The third-order valence-electron chi connectivity index (χ3n) is 3.14. The van der Waals surface area contributed by atoms with Crippen LogP contribution in [0.5, 0.6) is 0 Å². The van der Waals surface area contributed by atoms with Gasteiger partial charge >= 0.3 is 0 Å². The minimum absolute atomic E-state index is 0.0360. The van der Waals surface area contributed by atoms with E-state index in [1.54, 1.807) is 6.20 Å². The Morgan fingerprint density at radius 2 is 2.47 bits per heavy atom.